The van der Waals surface area contributed by atoms with E-state index in [9.17, 15) is 0 Å². The van der Waals surface area contributed by atoms with Crippen molar-refractivity contribution in [2.45, 2.75) is 33.4 Å². The standard InChI is InChI=1S/C21H26BrN3O2/c1-5-27-18-11-14(10-15(22)20(18)26-4)12-23-19(13(2)3)21-24-16-8-6-7-9-17(16)25-21/h6-11,13,19,23H,5,12H2,1-4H3,(H,24,25). The molecule has 0 spiro atoms. The number of ether oxygens (including phenoxy) is 2. The van der Waals surface area contributed by atoms with Gasteiger partial charge in [-0.15, -0.1) is 0 Å². The molecule has 5 nitrogen and oxygen atoms in total. The Morgan fingerprint density at radius 2 is 2.00 bits per heavy atom. The smallest absolute Gasteiger partial charge is 0.174 e. The van der Waals surface area contributed by atoms with Gasteiger partial charge in [0.05, 0.1) is 35.3 Å². The summed E-state index contributed by atoms with van der Waals surface area (Å²) in [6, 6.07) is 12.3. The van der Waals surface area contributed by atoms with Gasteiger partial charge in [-0.3, -0.25) is 0 Å². The number of H-pyrrole nitrogens is 1. The van der Waals surface area contributed by atoms with Crippen LogP contribution in [-0.2, 0) is 6.54 Å². The average molecular weight is 432 g/mol. The van der Waals surface area contributed by atoms with E-state index in [1.807, 2.05) is 31.2 Å². The summed E-state index contributed by atoms with van der Waals surface area (Å²) in [6.07, 6.45) is 0. The minimum atomic E-state index is 0.119. The number of hydrogen-bond acceptors (Lipinski definition) is 4. The number of aromatic nitrogens is 2. The summed E-state index contributed by atoms with van der Waals surface area (Å²) in [7, 11) is 1.65. The first-order valence-electron chi connectivity index (χ1n) is 9.20. The lowest BCUT2D eigenvalue weighted by atomic mass is 10.0. The van der Waals surface area contributed by atoms with E-state index in [1.165, 1.54) is 0 Å². The molecular formula is C21H26BrN3O2. The average Bonchev–Trinajstić information content (AvgIpc) is 3.05. The molecule has 0 aliphatic rings. The van der Waals surface area contributed by atoms with Crippen LogP contribution >= 0.6 is 15.9 Å². The van der Waals surface area contributed by atoms with E-state index >= 15 is 0 Å². The van der Waals surface area contributed by atoms with Gasteiger partial charge in [0.15, 0.2) is 11.5 Å². The third kappa shape index (κ3) is 4.45. The molecule has 0 radical (unpaired) electrons. The fourth-order valence-corrected chi connectivity index (χ4v) is 3.83. The number of rotatable bonds is 8. The van der Waals surface area contributed by atoms with E-state index in [0.29, 0.717) is 19.1 Å². The largest absolute Gasteiger partial charge is 0.492 e. The quantitative estimate of drug-likeness (QED) is 0.513. The molecule has 1 atom stereocenters. The maximum atomic E-state index is 5.73. The summed E-state index contributed by atoms with van der Waals surface area (Å²) in [5, 5.41) is 3.64. The van der Waals surface area contributed by atoms with Crippen molar-refractivity contribution in [1.82, 2.24) is 15.3 Å². The molecule has 6 heteroatoms. The van der Waals surface area contributed by atoms with Crippen LogP contribution in [0.25, 0.3) is 11.0 Å². The lowest BCUT2D eigenvalue weighted by molar-refractivity contribution is 0.309. The number of benzene rings is 2. The molecule has 1 aromatic heterocycles. The summed E-state index contributed by atoms with van der Waals surface area (Å²) < 4.78 is 12.1. The fraction of sp³-hybridized carbons (Fsp3) is 0.381. The highest BCUT2D eigenvalue weighted by molar-refractivity contribution is 9.10. The Balaban J connectivity index is 1.82. The van der Waals surface area contributed by atoms with E-state index in [0.717, 1.165) is 38.4 Å². The summed E-state index contributed by atoms with van der Waals surface area (Å²) in [6.45, 7) is 7.64. The van der Waals surface area contributed by atoms with Gasteiger partial charge in [0.1, 0.15) is 5.82 Å². The fourth-order valence-electron chi connectivity index (χ4n) is 3.18. The van der Waals surface area contributed by atoms with Crippen LogP contribution in [0.15, 0.2) is 40.9 Å². The Morgan fingerprint density at radius 1 is 1.22 bits per heavy atom. The highest BCUT2D eigenvalue weighted by Gasteiger charge is 2.20. The van der Waals surface area contributed by atoms with Crippen molar-refractivity contribution in [3.8, 4) is 11.5 Å². The second-order valence-corrected chi connectivity index (χ2v) is 7.64. The van der Waals surface area contributed by atoms with E-state index in [4.69, 9.17) is 14.5 Å². The Kier molecular flexibility index (Phi) is 6.39. The summed E-state index contributed by atoms with van der Waals surface area (Å²) in [5.41, 5.74) is 3.17. The lowest BCUT2D eigenvalue weighted by Gasteiger charge is -2.21. The van der Waals surface area contributed by atoms with Crippen LogP contribution in [-0.4, -0.2) is 23.7 Å². The highest BCUT2D eigenvalue weighted by atomic mass is 79.9. The molecule has 3 rings (SSSR count). The Morgan fingerprint density at radius 3 is 2.67 bits per heavy atom. The number of aromatic amines is 1. The van der Waals surface area contributed by atoms with Gasteiger partial charge in [-0.2, -0.15) is 0 Å². The summed E-state index contributed by atoms with van der Waals surface area (Å²) >= 11 is 3.58. The van der Waals surface area contributed by atoms with Gasteiger partial charge in [0.25, 0.3) is 0 Å². The molecule has 27 heavy (non-hydrogen) atoms. The van der Waals surface area contributed by atoms with Crippen LogP contribution in [0.4, 0.5) is 0 Å². The molecule has 0 amide bonds. The number of imidazole rings is 1. The Bertz CT molecular complexity index is 875. The van der Waals surface area contributed by atoms with E-state index in [2.05, 4.69) is 52.2 Å². The van der Waals surface area contributed by atoms with Crippen LogP contribution in [0.3, 0.4) is 0 Å². The number of nitrogens with zero attached hydrogens (tertiary/aromatic N) is 1. The molecule has 1 heterocycles. The SMILES string of the molecule is CCOc1cc(CNC(c2nc3ccccc3[nH]2)C(C)C)cc(Br)c1OC. The predicted octanol–water partition coefficient (Wildman–Crippen LogP) is 5.22. The zero-order valence-electron chi connectivity index (χ0n) is 16.2. The number of hydrogen-bond donors (Lipinski definition) is 2. The lowest BCUT2D eigenvalue weighted by Crippen LogP contribution is -2.26. The third-order valence-electron chi connectivity index (χ3n) is 4.47. The van der Waals surface area contributed by atoms with Crippen LogP contribution < -0.4 is 14.8 Å². The van der Waals surface area contributed by atoms with Gasteiger partial charge in [-0.1, -0.05) is 26.0 Å². The van der Waals surface area contributed by atoms with Crippen molar-refractivity contribution in [2.75, 3.05) is 13.7 Å². The highest BCUT2D eigenvalue weighted by Crippen LogP contribution is 2.36. The maximum Gasteiger partial charge on any atom is 0.174 e. The molecule has 0 aliphatic heterocycles. The first kappa shape index (κ1) is 19.7. The summed E-state index contributed by atoms with van der Waals surface area (Å²) in [4.78, 5) is 8.21. The molecule has 1 unspecified atom stereocenters. The van der Waals surface area contributed by atoms with Gasteiger partial charge in [0.2, 0.25) is 0 Å². The number of nitrogens with one attached hydrogen (secondary N) is 2. The maximum absolute atomic E-state index is 5.73. The zero-order chi connectivity index (χ0) is 19.4. The van der Waals surface area contributed by atoms with Crippen molar-refractivity contribution in [2.24, 2.45) is 5.92 Å². The minimum Gasteiger partial charge on any atom is -0.492 e. The zero-order valence-corrected chi connectivity index (χ0v) is 17.8. The first-order chi connectivity index (χ1) is 13.0. The number of methoxy groups -OCH3 is 1. The topological polar surface area (TPSA) is 59.2 Å². The van der Waals surface area contributed by atoms with E-state index in [-0.39, 0.29) is 6.04 Å². The minimum absolute atomic E-state index is 0.119. The predicted molar refractivity (Wildman–Crippen MR) is 112 cm³/mol. The monoisotopic (exact) mass is 431 g/mol. The molecule has 0 aliphatic carbocycles. The van der Waals surface area contributed by atoms with Crippen LogP contribution in [0.5, 0.6) is 11.5 Å². The van der Waals surface area contributed by atoms with E-state index in [1.54, 1.807) is 7.11 Å². The van der Waals surface area contributed by atoms with Crippen molar-refractivity contribution in [1.29, 1.82) is 0 Å². The molecule has 3 aromatic rings. The Labute approximate surface area is 168 Å². The van der Waals surface area contributed by atoms with Crippen molar-refractivity contribution < 1.29 is 9.47 Å². The molecule has 0 saturated carbocycles. The van der Waals surface area contributed by atoms with Crippen LogP contribution in [0.1, 0.15) is 38.2 Å². The normalized spacial score (nSPS) is 12.5. The van der Waals surface area contributed by atoms with Gasteiger partial charge < -0.3 is 19.8 Å². The van der Waals surface area contributed by atoms with Gasteiger partial charge in [0, 0.05) is 6.54 Å². The molecule has 144 valence electrons. The molecule has 2 aromatic carbocycles. The van der Waals surface area contributed by atoms with Gasteiger partial charge in [-0.25, -0.2) is 4.98 Å². The summed E-state index contributed by atoms with van der Waals surface area (Å²) in [5.74, 6) is 2.82. The van der Waals surface area contributed by atoms with Gasteiger partial charge >= 0.3 is 0 Å². The molecule has 0 saturated heterocycles. The Hall–Kier alpha value is -2.05. The van der Waals surface area contributed by atoms with Crippen molar-refractivity contribution >= 4 is 27.0 Å². The van der Waals surface area contributed by atoms with Crippen molar-refractivity contribution in [3.05, 3.63) is 52.3 Å². The van der Waals surface area contributed by atoms with Crippen LogP contribution in [0.2, 0.25) is 0 Å². The second kappa shape index (κ2) is 8.76. The number of para-hydroxylation sites is 2. The van der Waals surface area contributed by atoms with Crippen LogP contribution in [0, 0.1) is 5.92 Å². The van der Waals surface area contributed by atoms with E-state index < -0.39 is 0 Å². The molecule has 2 N–H and O–H groups in total. The molecular weight excluding hydrogens is 406 g/mol. The molecule has 0 fully saturated rings. The second-order valence-electron chi connectivity index (χ2n) is 6.78. The first-order valence-corrected chi connectivity index (χ1v) is 10.00. The number of halogens is 1. The van der Waals surface area contributed by atoms with Gasteiger partial charge in [-0.05, 0) is 58.6 Å². The molecule has 0 bridgehead atoms. The number of fused-ring (bicyclic) bond motifs is 1. The third-order valence-corrected chi connectivity index (χ3v) is 5.06. The van der Waals surface area contributed by atoms with Crippen molar-refractivity contribution in [3.63, 3.8) is 0 Å².